The first-order valence-corrected chi connectivity index (χ1v) is 10.4. The quantitative estimate of drug-likeness (QED) is 0.394. The summed E-state index contributed by atoms with van der Waals surface area (Å²) in [6.07, 6.45) is 8.50. The predicted molar refractivity (Wildman–Crippen MR) is 118 cm³/mol. The zero-order valence-electron chi connectivity index (χ0n) is 18.4. The molecule has 0 radical (unpaired) electrons. The van der Waals surface area contributed by atoms with Crippen molar-refractivity contribution in [3.05, 3.63) is 57.5 Å². The van der Waals surface area contributed by atoms with Crippen LogP contribution in [-0.2, 0) is 0 Å². The minimum atomic E-state index is -0.429. The number of benzene rings is 1. The number of hydrogen-bond donors (Lipinski definition) is 0. The molecule has 0 amide bonds. The molecule has 1 aliphatic rings. The Morgan fingerprint density at radius 1 is 1.21 bits per heavy atom. The van der Waals surface area contributed by atoms with Gasteiger partial charge < -0.3 is 13.9 Å². The van der Waals surface area contributed by atoms with E-state index in [1.54, 1.807) is 13.2 Å². The fraction of sp³-hybridized carbons (Fsp3) is 0.480. The molecule has 1 aliphatic heterocycles. The molecule has 0 unspecified atom stereocenters. The highest BCUT2D eigenvalue weighted by Gasteiger charge is 2.44. The number of rotatable bonds is 7. The molecule has 1 aromatic heterocycles. The maximum absolute atomic E-state index is 12.7. The lowest BCUT2D eigenvalue weighted by Gasteiger charge is -2.28. The van der Waals surface area contributed by atoms with Gasteiger partial charge in [-0.3, -0.25) is 0 Å². The average molecular weight is 397 g/mol. The van der Waals surface area contributed by atoms with Gasteiger partial charge in [-0.2, -0.15) is 0 Å². The summed E-state index contributed by atoms with van der Waals surface area (Å²) in [6.45, 7) is 10.6. The average Bonchev–Trinajstić information content (AvgIpc) is 2.93. The molecule has 4 heteroatoms. The molecule has 0 fully saturated rings. The summed E-state index contributed by atoms with van der Waals surface area (Å²) in [6, 6.07) is 5.51. The van der Waals surface area contributed by atoms with E-state index in [-0.39, 0.29) is 11.5 Å². The standard InChI is InChI=1S/C25H32O4/c1-16(2)9-7-10-17(3)11-8-14-25(5)18(4)22-23(29-25)20-13-12-19(27-6)15-21(20)28-24(22)26/h9,11-13,15,18H,7-8,10,14H2,1-6H3/b17-11+/t18-,25+/m0/s1. The minimum absolute atomic E-state index is 0.0281. The molecule has 0 bridgehead atoms. The summed E-state index contributed by atoms with van der Waals surface area (Å²) in [4.78, 5) is 12.7. The van der Waals surface area contributed by atoms with Crippen LogP contribution < -0.4 is 15.1 Å². The van der Waals surface area contributed by atoms with E-state index in [9.17, 15) is 4.79 Å². The summed E-state index contributed by atoms with van der Waals surface area (Å²) in [5.74, 6) is 1.29. The van der Waals surface area contributed by atoms with Crippen LogP contribution in [0.3, 0.4) is 0 Å². The summed E-state index contributed by atoms with van der Waals surface area (Å²) >= 11 is 0. The predicted octanol–water partition coefficient (Wildman–Crippen LogP) is 6.53. The fourth-order valence-corrected chi connectivity index (χ4v) is 3.97. The SMILES string of the molecule is COc1ccc2c3c(c(=O)oc2c1)[C@H](C)[C@@](C)(CC/C=C(\C)CCC=C(C)C)O3. The van der Waals surface area contributed by atoms with Crippen LogP contribution in [0.5, 0.6) is 11.5 Å². The molecular weight excluding hydrogens is 364 g/mol. The first kappa shape index (κ1) is 21.2. The number of allylic oxidation sites excluding steroid dienone is 4. The van der Waals surface area contributed by atoms with Gasteiger partial charge in [0.1, 0.15) is 22.7 Å². The molecule has 29 heavy (non-hydrogen) atoms. The molecule has 2 aromatic rings. The van der Waals surface area contributed by atoms with Gasteiger partial charge in [-0.05, 0) is 65.5 Å². The van der Waals surface area contributed by atoms with Gasteiger partial charge in [-0.25, -0.2) is 4.79 Å². The third kappa shape index (κ3) is 4.42. The second-order valence-corrected chi connectivity index (χ2v) is 8.54. The van der Waals surface area contributed by atoms with E-state index in [1.165, 1.54) is 11.1 Å². The summed E-state index contributed by atoms with van der Waals surface area (Å²) < 4.78 is 17.3. The Bertz CT molecular complexity index is 1010. The summed E-state index contributed by atoms with van der Waals surface area (Å²) in [5.41, 5.74) is 3.16. The lowest BCUT2D eigenvalue weighted by molar-refractivity contribution is 0.0862. The van der Waals surface area contributed by atoms with E-state index in [0.29, 0.717) is 22.6 Å². The van der Waals surface area contributed by atoms with Crippen molar-refractivity contribution in [3.8, 4) is 11.5 Å². The van der Waals surface area contributed by atoms with E-state index < -0.39 is 5.60 Å². The Morgan fingerprint density at radius 2 is 1.97 bits per heavy atom. The first-order chi connectivity index (χ1) is 13.7. The number of ether oxygens (including phenoxy) is 2. The lowest BCUT2D eigenvalue weighted by Crippen LogP contribution is -2.33. The summed E-state index contributed by atoms with van der Waals surface area (Å²) in [7, 11) is 1.59. The Kier molecular flexibility index (Phi) is 6.21. The number of fused-ring (bicyclic) bond motifs is 3. The van der Waals surface area contributed by atoms with Gasteiger partial charge in [0, 0.05) is 12.0 Å². The second-order valence-electron chi connectivity index (χ2n) is 8.54. The van der Waals surface area contributed by atoms with Crippen LogP contribution in [0.25, 0.3) is 11.0 Å². The maximum Gasteiger partial charge on any atom is 0.343 e. The van der Waals surface area contributed by atoms with Crippen LogP contribution in [-0.4, -0.2) is 12.7 Å². The van der Waals surface area contributed by atoms with Gasteiger partial charge in [-0.15, -0.1) is 0 Å². The number of hydrogen-bond acceptors (Lipinski definition) is 4. The zero-order valence-corrected chi connectivity index (χ0v) is 18.4. The molecule has 0 saturated heterocycles. The van der Waals surface area contributed by atoms with Crippen molar-refractivity contribution in [2.75, 3.05) is 7.11 Å². The molecule has 2 heterocycles. The van der Waals surface area contributed by atoms with Crippen molar-refractivity contribution in [2.45, 2.75) is 71.8 Å². The van der Waals surface area contributed by atoms with E-state index in [4.69, 9.17) is 13.9 Å². The van der Waals surface area contributed by atoms with E-state index in [1.807, 2.05) is 12.1 Å². The van der Waals surface area contributed by atoms with E-state index in [0.717, 1.165) is 31.1 Å². The van der Waals surface area contributed by atoms with Crippen LogP contribution in [0.15, 0.2) is 50.7 Å². The van der Waals surface area contributed by atoms with Crippen LogP contribution in [0, 0.1) is 0 Å². The monoisotopic (exact) mass is 396 g/mol. The third-order valence-corrected chi connectivity index (χ3v) is 6.01. The lowest BCUT2D eigenvalue weighted by atomic mass is 9.84. The molecule has 0 saturated carbocycles. The highest BCUT2D eigenvalue weighted by Crippen LogP contribution is 2.48. The van der Waals surface area contributed by atoms with Gasteiger partial charge in [0.2, 0.25) is 0 Å². The van der Waals surface area contributed by atoms with Gasteiger partial charge in [0.05, 0.1) is 18.1 Å². The van der Waals surface area contributed by atoms with Crippen molar-refractivity contribution in [3.63, 3.8) is 0 Å². The Labute approximate surface area is 173 Å². The maximum atomic E-state index is 12.7. The van der Waals surface area contributed by atoms with Crippen LogP contribution in [0.2, 0.25) is 0 Å². The highest BCUT2D eigenvalue weighted by molar-refractivity contribution is 5.86. The largest absolute Gasteiger partial charge is 0.497 e. The second kappa shape index (κ2) is 8.48. The molecule has 0 aliphatic carbocycles. The first-order valence-electron chi connectivity index (χ1n) is 10.4. The molecule has 4 nitrogen and oxygen atoms in total. The minimum Gasteiger partial charge on any atom is -0.497 e. The Balaban J connectivity index is 1.79. The highest BCUT2D eigenvalue weighted by atomic mass is 16.5. The number of methoxy groups -OCH3 is 1. The van der Waals surface area contributed by atoms with Gasteiger partial charge in [0.15, 0.2) is 0 Å². The molecule has 1 aromatic carbocycles. The summed E-state index contributed by atoms with van der Waals surface area (Å²) in [5, 5.41) is 0.824. The molecule has 0 spiro atoms. The van der Waals surface area contributed by atoms with Crippen LogP contribution >= 0.6 is 0 Å². The van der Waals surface area contributed by atoms with Crippen LogP contribution in [0.1, 0.15) is 71.8 Å². The van der Waals surface area contributed by atoms with Crippen LogP contribution in [0.4, 0.5) is 0 Å². The smallest absolute Gasteiger partial charge is 0.343 e. The normalized spacial score (nSPS) is 21.0. The van der Waals surface area contributed by atoms with Crippen molar-refractivity contribution in [1.29, 1.82) is 0 Å². The molecule has 3 rings (SSSR count). The van der Waals surface area contributed by atoms with E-state index >= 15 is 0 Å². The molecule has 0 N–H and O–H groups in total. The molecule has 156 valence electrons. The Hall–Kier alpha value is -2.49. The third-order valence-electron chi connectivity index (χ3n) is 6.01. The van der Waals surface area contributed by atoms with Crippen molar-refractivity contribution >= 4 is 11.0 Å². The van der Waals surface area contributed by atoms with Crippen molar-refractivity contribution in [1.82, 2.24) is 0 Å². The van der Waals surface area contributed by atoms with Crippen molar-refractivity contribution < 1.29 is 13.9 Å². The fourth-order valence-electron chi connectivity index (χ4n) is 3.97. The molecular formula is C25H32O4. The van der Waals surface area contributed by atoms with Crippen molar-refractivity contribution in [2.24, 2.45) is 0 Å². The van der Waals surface area contributed by atoms with Gasteiger partial charge in [0.25, 0.3) is 0 Å². The molecule has 2 atom stereocenters. The van der Waals surface area contributed by atoms with Gasteiger partial charge >= 0.3 is 5.63 Å². The topological polar surface area (TPSA) is 48.7 Å². The van der Waals surface area contributed by atoms with Gasteiger partial charge in [-0.1, -0.05) is 30.2 Å². The Morgan fingerprint density at radius 3 is 2.66 bits per heavy atom. The zero-order chi connectivity index (χ0) is 21.2. The van der Waals surface area contributed by atoms with E-state index in [2.05, 4.69) is 46.8 Å².